The number of nitrogens with one attached hydrogen (secondary N) is 1. The summed E-state index contributed by atoms with van der Waals surface area (Å²) in [5.41, 5.74) is 2.33. The van der Waals surface area contributed by atoms with Crippen LogP contribution >= 0.6 is 11.6 Å². The maximum absolute atomic E-state index is 10.6. The number of hydrogen-bond donors (Lipinski definition) is 2. The number of carboxylic acids is 1. The second-order valence-corrected chi connectivity index (χ2v) is 8.87. The minimum atomic E-state index is -0.856. The lowest BCUT2D eigenvalue weighted by Crippen LogP contribution is -2.23. The number of halogens is 1. The molecule has 11 heteroatoms. The topological polar surface area (TPSA) is 129 Å². The zero-order valence-corrected chi connectivity index (χ0v) is 21.0. The molecule has 1 saturated carbocycles. The highest BCUT2D eigenvalue weighted by Crippen LogP contribution is 2.40. The standard InChI is InChI=1S/C25H29ClN4O6/c1-33-20-13-16(11-18(26)23(20)35-10-9-27-8-7-22(31)32)24-29-25(36-30-24)17-12-19(15-5-3-4-6-15)28-21(14-17)34-2/h11-15,27H,3-10H2,1-2H3,(H,31,32). The molecule has 3 aromatic rings. The van der Waals surface area contributed by atoms with Crippen molar-refractivity contribution < 1.29 is 28.6 Å². The highest BCUT2D eigenvalue weighted by Gasteiger charge is 2.22. The number of aliphatic carboxylic acids is 1. The Bertz CT molecular complexity index is 1200. The van der Waals surface area contributed by atoms with Crippen molar-refractivity contribution in [2.75, 3.05) is 33.9 Å². The second-order valence-electron chi connectivity index (χ2n) is 8.46. The Labute approximate surface area is 213 Å². The fourth-order valence-electron chi connectivity index (χ4n) is 4.18. The summed E-state index contributed by atoms with van der Waals surface area (Å²) in [6.45, 7) is 1.10. The van der Waals surface area contributed by atoms with E-state index < -0.39 is 5.97 Å². The Morgan fingerprint density at radius 1 is 1.11 bits per heavy atom. The molecule has 0 spiro atoms. The first-order chi connectivity index (χ1) is 17.5. The van der Waals surface area contributed by atoms with E-state index in [2.05, 4.69) is 20.4 Å². The van der Waals surface area contributed by atoms with Crippen LogP contribution in [0.5, 0.6) is 17.4 Å². The van der Waals surface area contributed by atoms with Gasteiger partial charge in [0.05, 0.1) is 25.7 Å². The molecule has 0 bridgehead atoms. The number of aromatic nitrogens is 3. The molecule has 1 aliphatic carbocycles. The molecule has 2 heterocycles. The Morgan fingerprint density at radius 3 is 2.64 bits per heavy atom. The first kappa shape index (κ1) is 25.7. The Kier molecular flexibility index (Phi) is 8.61. The summed E-state index contributed by atoms with van der Waals surface area (Å²) in [7, 11) is 3.11. The highest BCUT2D eigenvalue weighted by molar-refractivity contribution is 6.32. The van der Waals surface area contributed by atoms with E-state index in [9.17, 15) is 4.79 Å². The fraction of sp³-hybridized carbons (Fsp3) is 0.440. The first-order valence-electron chi connectivity index (χ1n) is 11.8. The van der Waals surface area contributed by atoms with Gasteiger partial charge in [-0.1, -0.05) is 29.6 Å². The van der Waals surface area contributed by atoms with Gasteiger partial charge in [-0.2, -0.15) is 4.98 Å². The number of hydrogen-bond acceptors (Lipinski definition) is 9. The molecule has 1 aliphatic rings. The van der Waals surface area contributed by atoms with Crippen LogP contribution < -0.4 is 19.5 Å². The normalized spacial score (nSPS) is 13.6. The lowest BCUT2D eigenvalue weighted by Gasteiger charge is -2.13. The van der Waals surface area contributed by atoms with Gasteiger partial charge < -0.3 is 29.2 Å². The predicted molar refractivity (Wildman–Crippen MR) is 133 cm³/mol. The minimum Gasteiger partial charge on any atom is -0.493 e. The number of rotatable bonds is 12. The number of carboxylic acid groups (broad SMARTS) is 1. The van der Waals surface area contributed by atoms with Gasteiger partial charge in [-0.3, -0.25) is 4.79 Å². The molecule has 0 amide bonds. The van der Waals surface area contributed by atoms with Gasteiger partial charge >= 0.3 is 5.97 Å². The maximum atomic E-state index is 10.6. The van der Waals surface area contributed by atoms with E-state index >= 15 is 0 Å². The van der Waals surface area contributed by atoms with Crippen LogP contribution in [-0.4, -0.2) is 60.1 Å². The summed E-state index contributed by atoms with van der Waals surface area (Å²) >= 11 is 6.49. The van der Waals surface area contributed by atoms with Crippen LogP contribution in [0.3, 0.4) is 0 Å². The monoisotopic (exact) mass is 516 g/mol. The second kappa shape index (κ2) is 12.0. The van der Waals surface area contributed by atoms with Gasteiger partial charge in [0.1, 0.15) is 6.61 Å². The Balaban J connectivity index is 1.51. The molecule has 192 valence electrons. The van der Waals surface area contributed by atoms with Crippen LogP contribution in [-0.2, 0) is 4.79 Å². The SMILES string of the molecule is COc1cc(-c2nc(-c3cc(Cl)c(OCCNCCC(=O)O)c(OC)c3)no2)cc(C2CCCC2)n1. The predicted octanol–water partition coefficient (Wildman–Crippen LogP) is 4.57. The molecule has 0 atom stereocenters. The van der Waals surface area contributed by atoms with Gasteiger partial charge in [-0.15, -0.1) is 0 Å². The minimum absolute atomic E-state index is 0.0413. The number of ether oxygens (including phenoxy) is 3. The number of carbonyl (C=O) groups is 1. The molecule has 0 unspecified atom stereocenters. The van der Waals surface area contributed by atoms with Crippen molar-refractivity contribution >= 4 is 17.6 Å². The van der Waals surface area contributed by atoms with Gasteiger partial charge in [-0.05, 0) is 31.0 Å². The van der Waals surface area contributed by atoms with Crippen LogP contribution in [0.25, 0.3) is 22.8 Å². The lowest BCUT2D eigenvalue weighted by atomic mass is 10.0. The van der Waals surface area contributed by atoms with Crippen molar-refractivity contribution in [3.8, 4) is 40.2 Å². The molecule has 2 N–H and O–H groups in total. The summed E-state index contributed by atoms with van der Waals surface area (Å²) in [6.07, 6.45) is 4.67. The lowest BCUT2D eigenvalue weighted by molar-refractivity contribution is -0.136. The van der Waals surface area contributed by atoms with Crippen LogP contribution in [0.4, 0.5) is 0 Å². The van der Waals surface area contributed by atoms with E-state index in [-0.39, 0.29) is 13.0 Å². The molecule has 1 aromatic carbocycles. The van der Waals surface area contributed by atoms with E-state index in [0.717, 1.165) is 24.1 Å². The molecule has 0 aliphatic heterocycles. The number of pyridine rings is 1. The van der Waals surface area contributed by atoms with Gasteiger partial charge in [0.15, 0.2) is 11.5 Å². The summed E-state index contributed by atoms with van der Waals surface area (Å²) in [6, 6.07) is 7.18. The quantitative estimate of drug-likeness (QED) is 0.330. The first-order valence-corrected chi connectivity index (χ1v) is 12.2. The molecular formula is C25H29ClN4O6. The van der Waals surface area contributed by atoms with E-state index in [0.29, 0.717) is 58.7 Å². The average Bonchev–Trinajstić information content (AvgIpc) is 3.59. The van der Waals surface area contributed by atoms with Crippen LogP contribution in [0.15, 0.2) is 28.8 Å². The van der Waals surface area contributed by atoms with Crippen molar-refractivity contribution in [2.45, 2.75) is 38.0 Å². The summed E-state index contributed by atoms with van der Waals surface area (Å²) in [5, 5.41) is 16.2. The third-order valence-corrected chi connectivity index (χ3v) is 6.29. The van der Waals surface area contributed by atoms with E-state index in [1.165, 1.54) is 20.0 Å². The van der Waals surface area contributed by atoms with E-state index in [1.54, 1.807) is 25.3 Å². The van der Waals surface area contributed by atoms with Gasteiger partial charge in [0.2, 0.25) is 11.7 Å². The van der Waals surface area contributed by atoms with E-state index in [4.69, 9.17) is 35.4 Å². The third-order valence-electron chi connectivity index (χ3n) is 6.01. The van der Waals surface area contributed by atoms with Crippen LogP contribution in [0.2, 0.25) is 5.02 Å². The summed E-state index contributed by atoms with van der Waals surface area (Å²) in [4.78, 5) is 19.8. The number of nitrogens with zero attached hydrogens (tertiary/aromatic N) is 3. The maximum Gasteiger partial charge on any atom is 0.304 e. The van der Waals surface area contributed by atoms with E-state index in [1.807, 2.05) is 6.07 Å². The van der Waals surface area contributed by atoms with Crippen molar-refractivity contribution in [3.05, 3.63) is 35.0 Å². The summed E-state index contributed by atoms with van der Waals surface area (Å²) in [5.74, 6) is 1.57. The van der Waals surface area contributed by atoms with Gasteiger partial charge in [0, 0.05) is 41.9 Å². The summed E-state index contributed by atoms with van der Waals surface area (Å²) < 4.78 is 22.2. The molecule has 0 radical (unpaired) electrons. The van der Waals surface area contributed by atoms with Crippen LogP contribution in [0.1, 0.15) is 43.7 Å². The zero-order chi connectivity index (χ0) is 25.5. The molecule has 1 fully saturated rings. The average molecular weight is 517 g/mol. The molecule has 2 aromatic heterocycles. The zero-order valence-electron chi connectivity index (χ0n) is 20.3. The van der Waals surface area contributed by atoms with Gasteiger partial charge in [0.25, 0.3) is 5.89 Å². The molecular weight excluding hydrogens is 488 g/mol. The highest BCUT2D eigenvalue weighted by atomic mass is 35.5. The largest absolute Gasteiger partial charge is 0.493 e. The number of benzene rings is 1. The third kappa shape index (κ3) is 6.24. The molecule has 36 heavy (non-hydrogen) atoms. The van der Waals surface area contributed by atoms with Gasteiger partial charge in [-0.25, -0.2) is 4.98 Å². The van der Waals surface area contributed by atoms with Crippen molar-refractivity contribution in [1.82, 2.24) is 20.4 Å². The van der Waals surface area contributed by atoms with Crippen molar-refractivity contribution in [1.29, 1.82) is 0 Å². The molecule has 0 saturated heterocycles. The smallest absolute Gasteiger partial charge is 0.304 e. The van der Waals surface area contributed by atoms with Crippen molar-refractivity contribution in [3.63, 3.8) is 0 Å². The molecule has 4 rings (SSSR count). The molecule has 10 nitrogen and oxygen atoms in total. The van der Waals surface area contributed by atoms with Crippen LogP contribution in [0, 0.1) is 0 Å². The van der Waals surface area contributed by atoms with Crippen molar-refractivity contribution in [2.24, 2.45) is 0 Å². The Morgan fingerprint density at radius 2 is 1.92 bits per heavy atom. The fourth-order valence-corrected chi connectivity index (χ4v) is 4.44. The number of methoxy groups -OCH3 is 2. The Hall–Kier alpha value is -3.37.